The van der Waals surface area contributed by atoms with Gasteiger partial charge >= 0.3 is 0 Å². The van der Waals surface area contributed by atoms with Crippen molar-refractivity contribution in [1.29, 1.82) is 0 Å². The van der Waals surface area contributed by atoms with E-state index in [1.165, 1.54) is 0 Å². The van der Waals surface area contributed by atoms with Gasteiger partial charge in [0.15, 0.2) is 5.82 Å². The number of rotatable bonds is 4. The average molecular weight is 406 g/mol. The SMILES string of the molecule is CCC(C)(O)C(=O)N1CCN(c2nc(-c3ccccc3O)nc3ccccc23)CC1. The molecule has 1 amide bonds. The smallest absolute Gasteiger partial charge is 0.254 e. The monoisotopic (exact) mass is 406 g/mol. The summed E-state index contributed by atoms with van der Waals surface area (Å²) in [6.45, 7) is 5.61. The highest BCUT2D eigenvalue weighted by Crippen LogP contribution is 2.32. The molecule has 3 aromatic rings. The summed E-state index contributed by atoms with van der Waals surface area (Å²) in [4.78, 5) is 25.9. The highest BCUT2D eigenvalue weighted by molar-refractivity contribution is 5.91. The molecule has 1 aliphatic rings. The fourth-order valence-electron chi connectivity index (χ4n) is 3.70. The number of carbonyl (C=O) groups is 1. The largest absolute Gasteiger partial charge is 0.507 e. The molecule has 30 heavy (non-hydrogen) atoms. The van der Waals surface area contributed by atoms with E-state index in [1.54, 1.807) is 30.0 Å². The maximum Gasteiger partial charge on any atom is 0.254 e. The third-order valence-electron chi connectivity index (χ3n) is 5.74. The minimum atomic E-state index is -1.33. The van der Waals surface area contributed by atoms with Crippen molar-refractivity contribution in [2.24, 2.45) is 0 Å². The summed E-state index contributed by atoms with van der Waals surface area (Å²) in [7, 11) is 0. The minimum Gasteiger partial charge on any atom is -0.507 e. The summed E-state index contributed by atoms with van der Waals surface area (Å²) < 4.78 is 0. The van der Waals surface area contributed by atoms with E-state index in [-0.39, 0.29) is 11.7 Å². The number of hydrogen-bond acceptors (Lipinski definition) is 6. The van der Waals surface area contributed by atoms with Gasteiger partial charge in [-0.1, -0.05) is 31.2 Å². The van der Waals surface area contributed by atoms with E-state index < -0.39 is 5.60 Å². The van der Waals surface area contributed by atoms with E-state index in [4.69, 9.17) is 4.98 Å². The molecule has 0 saturated carbocycles. The van der Waals surface area contributed by atoms with Crippen molar-refractivity contribution < 1.29 is 15.0 Å². The maximum atomic E-state index is 12.6. The second kappa shape index (κ2) is 7.91. The molecule has 1 aliphatic heterocycles. The lowest BCUT2D eigenvalue weighted by atomic mass is 10.0. The van der Waals surface area contributed by atoms with Gasteiger partial charge in [0.1, 0.15) is 17.2 Å². The third kappa shape index (κ3) is 3.68. The maximum absolute atomic E-state index is 12.6. The quantitative estimate of drug-likeness (QED) is 0.693. The lowest BCUT2D eigenvalue weighted by Gasteiger charge is -2.38. The summed E-state index contributed by atoms with van der Waals surface area (Å²) >= 11 is 0. The number of phenols is 1. The van der Waals surface area contributed by atoms with E-state index >= 15 is 0 Å². The van der Waals surface area contributed by atoms with Crippen molar-refractivity contribution in [1.82, 2.24) is 14.9 Å². The number of piperazine rings is 1. The lowest BCUT2D eigenvalue weighted by Crippen LogP contribution is -2.55. The number of aromatic hydroxyl groups is 1. The van der Waals surface area contributed by atoms with Crippen LogP contribution in [0.4, 0.5) is 5.82 Å². The molecule has 2 heterocycles. The number of benzene rings is 2. The zero-order chi connectivity index (χ0) is 21.3. The molecule has 1 saturated heterocycles. The number of hydrogen-bond donors (Lipinski definition) is 2. The lowest BCUT2D eigenvalue weighted by molar-refractivity contribution is -0.150. The summed E-state index contributed by atoms with van der Waals surface area (Å²) in [5.74, 6) is 1.16. The molecule has 0 aliphatic carbocycles. The number of aromatic nitrogens is 2. The van der Waals surface area contributed by atoms with Gasteiger partial charge in [-0.2, -0.15) is 0 Å². The van der Waals surface area contributed by atoms with Crippen LogP contribution in [0.3, 0.4) is 0 Å². The first-order valence-electron chi connectivity index (χ1n) is 10.2. The zero-order valence-electron chi connectivity index (χ0n) is 17.2. The van der Waals surface area contributed by atoms with Gasteiger partial charge in [-0.3, -0.25) is 4.79 Å². The molecule has 2 N–H and O–H groups in total. The zero-order valence-corrected chi connectivity index (χ0v) is 17.2. The number of amides is 1. The van der Waals surface area contributed by atoms with Gasteiger partial charge in [-0.05, 0) is 37.6 Å². The van der Waals surface area contributed by atoms with Crippen LogP contribution in [0.5, 0.6) is 5.75 Å². The predicted molar refractivity (Wildman–Crippen MR) is 116 cm³/mol. The molecular weight excluding hydrogens is 380 g/mol. The Morgan fingerprint density at radius 3 is 2.40 bits per heavy atom. The van der Waals surface area contributed by atoms with Crippen LogP contribution >= 0.6 is 0 Å². The number of phenolic OH excluding ortho intramolecular Hbond substituents is 1. The van der Waals surface area contributed by atoms with Gasteiger partial charge < -0.3 is 20.0 Å². The number of carbonyl (C=O) groups excluding carboxylic acids is 1. The highest BCUT2D eigenvalue weighted by atomic mass is 16.3. The molecule has 7 heteroatoms. The van der Waals surface area contributed by atoms with Crippen molar-refractivity contribution in [3.63, 3.8) is 0 Å². The predicted octanol–water partition coefficient (Wildman–Crippen LogP) is 2.81. The van der Waals surface area contributed by atoms with Crippen LogP contribution in [0.15, 0.2) is 48.5 Å². The number of nitrogens with zero attached hydrogens (tertiary/aromatic N) is 4. The number of fused-ring (bicyclic) bond motifs is 1. The van der Waals surface area contributed by atoms with E-state index in [9.17, 15) is 15.0 Å². The molecule has 0 bridgehead atoms. The first kappa shape index (κ1) is 20.1. The Kier molecular flexibility index (Phi) is 5.30. The normalized spacial score (nSPS) is 16.5. The third-order valence-corrected chi connectivity index (χ3v) is 5.74. The molecule has 0 spiro atoms. The summed E-state index contributed by atoms with van der Waals surface area (Å²) in [6, 6.07) is 14.8. The van der Waals surface area contributed by atoms with Gasteiger partial charge in [0.05, 0.1) is 11.1 Å². The molecule has 1 fully saturated rings. The van der Waals surface area contributed by atoms with E-state index in [2.05, 4.69) is 9.88 Å². The Bertz CT molecular complexity index is 1070. The molecule has 1 aromatic heterocycles. The van der Waals surface area contributed by atoms with Gasteiger partial charge in [0, 0.05) is 31.6 Å². The Balaban J connectivity index is 1.66. The van der Waals surface area contributed by atoms with Gasteiger partial charge in [-0.15, -0.1) is 0 Å². The Labute approximate surface area is 175 Å². The molecule has 2 aromatic carbocycles. The average Bonchev–Trinajstić information content (AvgIpc) is 2.78. The minimum absolute atomic E-state index is 0.135. The fraction of sp³-hybridized carbons (Fsp3) is 0.348. The number of anilines is 1. The van der Waals surface area contributed by atoms with Gasteiger partial charge in [0.2, 0.25) is 0 Å². The first-order valence-corrected chi connectivity index (χ1v) is 10.2. The van der Waals surface area contributed by atoms with Crippen LogP contribution in [0, 0.1) is 0 Å². The molecule has 1 unspecified atom stereocenters. The second-order valence-corrected chi connectivity index (χ2v) is 7.81. The highest BCUT2D eigenvalue weighted by Gasteiger charge is 2.34. The van der Waals surface area contributed by atoms with E-state index in [0.29, 0.717) is 44.0 Å². The summed E-state index contributed by atoms with van der Waals surface area (Å²) in [5, 5.41) is 21.5. The Morgan fingerprint density at radius 1 is 1.03 bits per heavy atom. The van der Waals surface area contributed by atoms with Gasteiger partial charge in [0.25, 0.3) is 5.91 Å². The van der Waals surface area contributed by atoms with Crippen molar-refractivity contribution >= 4 is 22.6 Å². The molecule has 0 radical (unpaired) electrons. The Hall–Kier alpha value is -3.19. The Morgan fingerprint density at radius 2 is 1.70 bits per heavy atom. The first-order chi connectivity index (χ1) is 14.4. The van der Waals surface area contributed by atoms with Crippen LogP contribution in [0.25, 0.3) is 22.3 Å². The number of aliphatic hydroxyl groups is 1. The topological polar surface area (TPSA) is 89.8 Å². The second-order valence-electron chi connectivity index (χ2n) is 7.81. The summed E-state index contributed by atoms with van der Waals surface area (Å²) in [6.07, 6.45) is 0.381. The van der Waals surface area contributed by atoms with Crippen molar-refractivity contribution in [2.75, 3.05) is 31.1 Å². The van der Waals surface area contributed by atoms with Crippen molar-refractivity contribution in [2.45, 2.75) is 25.9 Å². The molecule has 156 valence electrons. The van der Waals surface area contributed by atoms with Crippen LogP contribution in [0.1, 0.15) is 20.3 Å². The fourth-order valence-corrected chi connectivity index (χ4v) is 3.70. The van der Waals surface area contributed by atoms with E-state index in [1.807, 2.05) is 37.3 Å². The molecule has 7 nitrogen and oxygen atoms in total. The molecular formula is C23H26N4O3. The number of para-hydroxylation sites is 2. The molecule has 1 atom stereocenters. The summed E-state index contributed by atoms with van der Waals surface area (Å²) in [5.41, 5.74) is 0.0485. The van der Waals surface area contributed by atoms with Crippen LogP contribution < -0.4 is 4.90 Å². The van der Waals surface area contributed by atoms with Crippen LogP contribution in [-0.2, 0) is 4.79 Å². The van der Waals surface area contributed by atoms with Crippen LogP contribution in [0.2, 0.25) is 0 Å². The molecule has 4 rings (SSSR count). The standard InChI is InChI=1S/C23H26N4O3/c1-3-23(2,30)22(29)27-14-12-26(13-15-27)21-16-8-4-6-10-18(16)24-20(25-21)17-9-5-7-11-19(17)28/h4-11,28,30H,3,12-15H2,1-2H3. The van der Waals surface area contributed by atoms with Crippen molar-refractivity contribution in [3.05, 3.63) is 48.5 Å². The van der Waals surface area contributed by atoms with Crippen molar-refractivity contribution in [3.8, 4) is 17.1 Å². The van der Waals surface area contributed by atoms with Gasteiger partial charge in [-0.25, -0.2) is 9.97 Å². The van der Waals surface area contributed by atoms with E-state index in [0.717, 1.165) is 16.7 Å². The van der Waals surface area contributed by atoms with Crippen LogP contribution in [-0.4, -0.2) is 62.8 Å².